The van der Waals surface area contributed by atoms with Crippen molar-refractivity contribution in [3.8, 4) is 11.4 Å². The Labute approximate surface area is 180 Å². The monoisotopic (exact) mass is 434 g/mol. The number of hydrogen-bond acceptors (Lipinski definition) is 7. The van der Waals surface area contributed by atoms with Gasteiger partial charge in [0.25, 0.3) is 0 Å². The van der Waals surface area contributed by atoms with Crippen molar-refractivity contribution in [1.29, 1.82) is 0 Å². The van der Waals surface area contributed by atoms with E-state index in [1.807, 2.05) is 55.5 Å². The standard InChI is InChI=1S/C22H22N6O2S/c1-15(28-31(2,29)30)20(16-6-4-3-5-7-16)26-22-18-10-13-24-14-19(18)25-21(27-22)17-8-11-23-12-9-17/h3-15,20,28H,1-2H3,(H,25,26,27). The molecule has 0 aliphatic rings. The van der Waals surface area contributed by atoms with E-state index >= 15 is 0 Å². The summed E-state index contributed by atoms with van der Waals surface area (Å²) in [6.45, 7) is 1.82. The maximum atomic E-state index is 11.9. The second kappa shape index (κ2) is 8.75. The van der Waals surface area contributed by atoms with Gasteiger partial charge in [-0.25, -0.2) is 23.1 Å². The summed E-state index contributed by atoms with van der Waals surface area (Å²) in [5, 5.41) is 4.24. The van der Waals surface area contributed by atoms with Crippen LogP contribution in [-0.4, -0.2) is 40.7 Å². The Kier molecular flexibility index (Phi) is 5.88. The minimum atomic E-state index is -3.40. The number of sulfonamides is 1. The summed E-state index contributed by atoms with van der Waals surface area (Å²) in [6, 6.07) is 14.4. The van der Waals surface area contributed by atoms with Crippen molar-refractivity contribution in [2.45, 2.75) is 19.0 Å². The number of fused-ring (bicyclic) bond motifs is 1. The summed E-state index contributed by atoms with van der Waals surface area (Å²) in [5.41, 5.74) is 2.43. The Bertz CT molecular complexity index is 1280. The highest BCUT2D eigenvalue weighted by atomic mass is 32.2. The fourth-order valence-electron chi connectivity index (χ4n) is 3.43. The van der Waals surface area contributed by atoms with Gasteiger partial charge in [-0.05, 0) is 30.7 Å². The topological polar surface area (TPSA) is 110 Å². The SMILES string of the molecule is CC(NS(C)(=O)=O)C(Nc1nc(-c2ccncc2)nc2cnccc12)c1ccccc1. The fourth-order valence-corrected chi connectivity index (χ4v) is 4.24. The van der Waals surface area contributed by atoms with Gasteiger partial charge in [0.2, 0.25) is 10.0 Å². The number of anilines is 1. The van der Waals surface area contributed by atoms with Crippen LogP contribution in [0, 0.1) is 0 Å². The predicted octanol–water partition coefficient (Wildman–Crippen LogP) is 3.18. The lowest BCUT2D eigenvalue weighted by Gasteiger charge is -2.27. The molecule has 0 bridgehead atoms. The number of nitrogens with one attached hydrogen (secondary N) is 2. The molecule has 158 valence electrons. The third-order valence-electron chi connectivity index (χ3n) is 4.79. The van der Waals surface area contributed by atoms with Crippen LogP contribution >= 0.6 is 0 Å². The predicted molar refractivity (Wildman–Crippen MR) is 121 cm³/mol. The van der Waals surface area contributed by atoms with Crippen molar-refractivity contribution in [2.24, 2.45) is 0 Å². The Morgan fingerprint density at radius 3 is 2.32 bits per heavy atom. The molecule has 8 nitrogen and oxygen atoms in total. The van der Waals surface area contributed by atoms with E-state index in [9.17, 15) is 8.42 Å². The highest BCUT2D eigenvalue weighted by Crippen LogP contribution is 2.29. The normalized spacial score (nSPS) is 13.6. The molecule has 0 spiro atoms. The van der Waals surface area contributed by atoms with Crippen molar-refractivity contribution in [1.82, 2.24) is 24.7 Å². The second-order valence-electron chi connectivity index (χ2n) is 7.24. The molecule has 3 aromatic heterocycles. The second-order valence-corrected chi connectivity index (χ2v) is 9.02. The summed E-state index contributed by atoms with van der Waals surface area (Å²) in [5.74, 6) is 1.12. The van der Waals surface area contributed by atoms with Gasteiger partial charge in [-0.3, -0.25) is 9.97 Å². The molecule has 9 heteroatoms. The molecule has 3 heterocycles. The van der Waals surface area contributed by atoms with Crippen LogP contribution in [0.5, 0.6) is 0 Å². The van der Waals surface area contributed by atoms with Crippen LogP contribution in [-0.2, 0) is 10.0 Å². The highest BCUT2D eigenvalue weighted by Gasteiger charge is 2.24. The zero-order valence-electron chi connectivity index (χ0n) is 17.1. The van der Waals surface area contributed by atoms with Gasteiger partial charge in [0.15, 0.2) is 5.82 Å². The molecule has 0 fully saturated rings. The van der Waals surface area contributed by atoms with Crippen molar-refractivity contribution >= 4 is 26.7 Å². The number of rotatable bonds is 7. The van der Waals surface area contributed by atoms with Gasteiger partial charge in [0.1, 0.15) is 5.82 Å². The van der Waals surface area contributed by atoms with E-state index < -0.39 is 16.1 Å². The summed E-state index contributed by atoms with van der Waals surface area (Å²) in [4.78, 5) is 17.6. The lowest BCUT2D eigenvalue weighted by molar-refractivity contribution is 0.535. The van der Waals surface area contributed by atoms with Crippen LogP contribution in [0.2, 0.25) is 0 Å². The zero-order chi connectivity index (χ0) is 21.8. The molecular weight excluding hydrogens is 412 g/mol. The van der Waals surface area contributed by atoms with E-state index in [1.54, 1.807) is 24.8 Å². The van der Waals surface area contributed by atoms with Crippen LogP contribution in [0.1, 0.15) is 18.5 Å². The van der Waals surface area contributed by atoms with Gasteiger partial charge in [-0.1, -0.05) is 30.3 Å². The van der Waals surface area contributed by atoms with Crippen molar-refractivity contribution < 1.29 is 8.42 Å². The van der Waals surface area contributed by atoms with E-state index in [-0.39, 0.29) is 6.04 Å². The largest absolute Gasteiger partial charge is 0.361 e. The first kappa shape index (κ1) is 20.8. The number of pyridine rings is 2. The quantitative estimate of drug-likeness (QED) is 0.460. The molecule has 0 aliphatic carbocycles. The van der Waals surface area contributed by atoms with Crippen LogP contribution in [0.15, 0.2) is 73.3 Å². The average molecular weight is 435 g/mol. The molecule has 0 aliphatic heterocycles. The third-order valence-corrected chi connectivity index (χ3v) is 5.59. The van der Waals surface area contributed by atoms with Crippen LogP contribution in [0.4, 0.5) is 5.82 Å². The van der Waals surface area contributed by atoms with E-state index in [2.05, 4.69) is 25.0 Å². The molecule has 2 N–H and O–H groups in total. The Balaban J connectivity index is 1.81. The first-order valence-corrected chi connectivity index (χ1v) is 11.6. The number of hydrogen-bond donors (Lipinski definition) is 2. The summed E-state index contributed by atoms with van der Waals surface area (Å²) < 4.78 is 26.5. The Morgan fingerprint density at radius 2 is 1.61 bits per heavy atom. The third kappa shape index (κ3) is 5.01. The summed E-state index contributed by atoms with van der Waals surface area (Å²) >= 11 is 0. The van der Waals surface area contributed by atoms with E-state index in [0.29, 0.717) is 17.2 Å². The molecule has 4 aromatic rings. The number of benzene rings is 1. The molecule has 2 unspecified atom stereocenters. The number of aromatic nitrogens is 4. The van der Waals surface area contributed by atoms with Crippen molar-refractivity contribution in [3.05, 3.63) is 78.9 Å². The van der Waals surface area contributed by atoms with Crippen LogP contribution in [0.3, 0.4) is 0 Å². The van der Waals surface area contributed by atoms with Crippen LogP contribution in [0.25, 0.3) is 22.3 Å². The first-order valence-electron chi connectivity index (χ1n) is 9.72. The Morgan fingerprint density at radius 1 is 0.903 bits per heavy atom. The van der Waals surface area contributed by atoms with E-state index in [4.69, 9.17) is 4.98 Å². The van der Waals surface area contributed by atoms with Gasteiger partial charge in [0.05, 0.1) is 24.0 Å². The lowest BCUT2D eigenvalue weighted by atomic mass is 10.0. The van der Waals surface area contributed by atoms with Gasteiger partial charge in [0, 0.05) is 35.6 Å². The average Bonchev–Trinajstić information content (AvgIpc) is 2.77. The molecule has 2 atom stereocenters. The summed E-state index contributed by atoms with van der Waals surface area (Å²) in [7, 11) is -3.40. The van der Waals surface area contributed by atoms with Gasteiger partial charge in [-0.15, -0.1) is 0 Å². The van der Waals surface area contributed by atoms with Crippen molar-refractivity contribution in [3.63, 3.8) is 0 Å². The molecular formula is C22H22N6O2S. The summed E-state index contributed by atoms with van der Waals surface area (Å²) in [6.07, 6.45) is 7.88. The van der Waals surface area contributed by atoms with Crippen LogP contribution < -0.4 is 10.0 Å². The molecule has 4 rings (SSSR count). The highest BCUT2D eigenvalue weighted by molar-refractivity contribution is 7.88. The van der Waals surface area contributed by atoms with Gasteiger partial charge in [-0.2, -0.15) is 0 Å². The smallest absolute Gasteiger partial charge is 0.209 e. The molecule has 1 aromatic carbocycles. The van der Waals surface area contributed by atoms with E-state index in [1.165, 1.54) is 0 Å². The maximum absolute atomic E-state index is 11.9. The molecule has 0 saturated heterocycles. The lowest BCUT2D eigenvalue weighted by Crippen LogP contribution is -2.39. The Hall–Kier alpha value is -3.43. The van der Waals surface area contributed by atoms with E-state index in [0.717, 1.165) is 22.8 Å². The minimum absolute atomic E-state index is 0.368. The first-order chi connectivity index (χ1) is 14.9. The minimum Gasteiger partial charge on any atom is -0.361 e. The molecule has 0 saturated carbocycles. The zero-order valence-corrected chi connectivity index (χ0v) is 17.9. The molecule has 31 heavy (non-hydrogen) atoms. The molecule has 0 amide bonds. The van der Waals surface area contributed by atoms with Gasteiger partial charge < -0.3 is 5.32 Å². The fraction of sp³-hybridized carbons (Fsp3) is 0.182. The van der Waals surface area contributed by atoms with Gasteiger partial charge >= 0.3 is 0 Å². The molecule has 0 radical (unpaired) electrons. The van der Waals surface area contributed by atoms with Crippen molar-refractivity contribution in [2.75, 3.05) is 11.6 Å². The maximum Gasteiger partial charge on any atom is 0.209 e. The number of nitrogens with zero attached hydrogens (tertiary/aromatic N) is 4.